The second kappa shape index (κ2) is 4.64. The number of hydrogen-bond donors (Lipinski definition) is 2. The molecule has 1 aromatic rings. The van der Waals surface area contributed by atoms with Gasteiger partial charge in [0.15, 0.2) is 0 Å². The first kappa shape index (κ1) is 13.5. The van der Waals surface area contributed by atoms with Crippen molar-refractivity contribution >= 4 is 27.3 Å². The number of aliphatic carboxylic acids is 1. The highest BCUT2D eigenvalue weighted by atomic mass is 32.2. The van der Waals surface area contributed by atoms with Gasteiger partial charge in [-0.2, -0.15) is 4.72 Å². The zero-order chi connectivity index (χ0) is 13.4. The Hall–Kier alpha value is -0.920. The summed E-state index contributed by atoms with van der Waals surface area (Å²) >= 11 is 1.18. The summed E-state index contributed by atoms with van der Waals surface area (Å²) in [7, 11) is -3.73. The Balaban J connectivity index is 2.24. The summed E-state index contributed by atoms with van der Waals surface area (Å²) in [5, 5.41) is 9.12. The molecule has 2 N–H and O–H groups in total. The van der Waals surface area contributed by atoms with Crippen LogP contribution >= 0.6 is 11.3 Å². The summed E-state index contributed by atoms with van der Waals surface area (Å²) in [5.41, 5.74) is -1.30. The fourth-order valence-corrected chi connectivity index (χ4v) is 4.60. The van der Waals surface area contributed by atoms with E-state index in [9.17, 15) is 13.2 Å². The number of rotatable bonds is 5. The number of carboxylic acid groups (broad SMARTS) is 1. The second-order valence-corrected chi connectivity index (χ2v) is 7.50. The first-order valence-corrected chi connectivity index (χ1v) is 8.06. The van der Waals surface area contributed by atoms with Gasteiger partial charge in [-0.05, 0) is 37.8 Å². The fourth-order valence-electron chi connectivity index (χ4n) is 1.89. The molecule has 5 nitrogen and oxygen atoms in total. The lowest BCUT2D eigenvalue weighted by Crippen LogP contribution is -2.58. The molecule has 1 heterocycles. The van der Waals surface area contributed by atoms with Crippen molar-refractivity contribution < 1.29 is 18.3 Å². The lowest BCUT2D eigenvalue weighted by molar-refractivity contribution is -0.147. The molecule has 0 aromatic carbocycles. The van der Waals surface area contributed by atoms with Gasteiger partial charge in [-0.25, -0.2) is 8.42 Å². The van der Waals surface area contributed by atoms with E-state index in [4.69, 9.17) is 5.11 Å². The molecule has 0 saturated heterocycles. The van der Waals surface area contributed by atoms with Crippen LogP contribution in [0.3, 0.4) is 0 Å². The molecule has 0 bridgehead atoms. The van der Waals surface area contributed by atoms with Crippen LogP contribution in [0.25, 0.3) is 0 Å². The van der Waals surface area contributed by atoms with Crippen molar-refractivity contribution in [2.24, 2.45) is 0 Å². The molecule has 7 heteroatoms. The number of nitrogens with one attached hydrogen (secondary N) is 1. The number of thiophene rings is 1. The average molecular weight is 289 g/mol. The summed E-state index contributed by atoms with van der Waals surface area (Å²) in [6, 6.07) is 3.29. The lowest BCUT2D eigenvalue weighted by atomic mass is 9.78. The minimum absolute atomic E-state index is 0.187. The van der Waals surface area contributed by atoms with Gasteiger partial charge in [0, 0.05) is 4.88 Å². The summed E-state index contributed by atoms with van der Waals surface area (Å²) in [6.07, 6.45) is 2.21. The van der Waals surface area contributed by atoms with E-state index in [0.29, 0.717) is 12.8 Å². The number of carboxylic acids is 1. The first-order valence-electron chi connectivity index (χ1n) is 5.76. The van der Waals surface area contributed by atoms with E-state index in [1.807, 2.05) is 6.92 Å². The minimum Gasteiger partial charge on any atom is -0.480 e. The molecule has 1 aliphatic carbocycles. The van der Waals surface area contributed by atoms with E-state index in [-0.39, 0.29) is 4.21 Å². The predicted molar refractivity (Wildman–Crippen MR) is 68.2 cm³/mol. The molecule has 0 radical (unpaired) electrons. The van der Waals surface area contributed by atoms with E-state index < -0.39 is 21.5 Å². The van der Waals surface area contributed by atoms with Crippen molar-refractivity contribution in [3.8, 4) is 0 Å². The molecule has 1 aromatic heterocycles. The van der Waals surface area contributed by atoms with Gasteiger partial charge in [0.2, 0.25) is 0 Å². The average Bonchev–Trinajstić information content (AvgIpc) is 2.72. The van der Waals surface area contributed by atoms with E-state index in [1.165, 1.54) is 17.4 Å². The third-order valence-corrected chi connectivity index (χ3v) is 6.45. The van der Waals surface area contributed by atoms with E-state index in [2.05, 4.69) is 4.72 Å². The molecule has 1 saturated carbocycles. The van der Waals surface area contributed by atoms with Crippen molar-refractivity contribution in [2.75, 3.05) is 0 Å². The van der Waals surface area contributed by atoms with Crippen LogP contribution in [0.4, 0.5) is 0 Å². The summed E-state index contributed by atoms with van der Waals surface area (Å²) in [6.45, 7) is 1.94. The van der Waals surface area contributed by atoms with Crippen molar-refractivity contribution in [1.29, 1.82) is 0 Å². The van der Waals surface area contributed by atoms with Crippen LogP contribution < -0.4 is 4.72 Å². The molecule has 1 aliphatic rings. The van der Waals surface area contributed by atoms with Crippen LogP contribution in [-0.2, 0) is 21.2 Å². The van der Waals surface area contributed by atoms with E-state index in [0.717, 1.165) is 17.7 Å². The normalized spacial score (nSPS) is 18.3. The standard InChI is InChI=1S/C11H15NO4S2/c1-2-8-4-5-9(17-8)18(15,16)12-11(10(13)14)6-3-7-11/h4-5,12H,2-3,6-7H2,1H3,(H,13,14). The van der Waals surface area contributed by atoms with Gasteiger partial charge in [0.25, 0.3) is 10.0 Å². The maximum atomic E-state index is 12.1. The Kier molecular flexibility index (Phi) is 3.48. The van der Waals surface area contributed by atoms with Crippen molar-refractivity contribution in [3.05, 3.63) is 17.0 Å². The van der Waals surface area contributed by atoms with Gasteiger partial charge >= 0.3 is 5.97 Å². The van der Waals surface area contributed by atoms with Gasteiger partial charge in [-0.1, -0.05) is 6.92 Å². The zero-order valence-corrected chi connectivity index (χ0v) is 11.6. The Morgan fingerprint density at radius 2 is 2.17 bits per heavy atom. The molecule has 0 spiro atoms. The van der Waals surface area contributed by atoms with E-state index in [1.54, 1.807) is 6.07 Å². The van der Waals surface area contributed by atoms with Crippen molar-refractivity contribution in [1.82, 2.24) is 4.72 Å². The largest absolute Gasteiger partial charge is 0.480 e. The van der Waals surface area contributed by atoms with Crippen LogP contribution in [-0.4, -0.2) is 25.0 Å². The number of sulfonamides is 1. The van der Waals surface area contributed by atoms with Gasteiger partial charge in [0.1, 0.15) is 9.75 Å². The highest BCUT2D eigenvalue weighted by Gasteiger charge is 2.47. The second-order valence-electron chi connectivity index (χ2n) is 4.42. The number of carbonyl (C=O) groups is 1. The van der Waals surface area contributed by atoms with Crippen LogP contribution in [0, 0.1) is 0 Å². The third-order valence-electron chi connectivity index (χ3n) is 3.20. The molecule has 0 aliphatic heterocycles. The van der Waals surface area contributed by atoms with Gasteiger partial charge < -0.3 is 5.11 Å². The Labute approximate surface area is 110 Å². The van der Waals surface area contributed by atoms with Gasteiger partial charge in [-0.15, -0.1) is 11.3 Å². The lowest BCUT2D eigenvalue weighted by Gasteiger charge is -2.37. The molecule has 1 fully saturated rings. The van der Waals surface area contributed by atoms with Gasteiger partial charge in [0.05, 0.1) is 0 Å². The molecular weight excluding hydrogens is 274 g/mol. The van der Waals surface area contributed by atoms with Gasteiger partial charge in [-0.3, -0.25) is 4.79 Å². The Morgan fingerprint density at radius 1 is 1.50 bits per heavy atom. The Morgan fingerprint density at radius 3 is 2.56 bits per heavy atom. The molecule has 18 heavy (non-hydrogen) atoms. The molecule has 2 rings (SSSR count). The van der Waals surface area contributed by atoms with Crippen LogP contribution in [0.5, 0.6) is 0 Å². The number of aryl methyl sites for hydroxylation is 1. The summed E-state index contributed by atoms with van der Waals surface area (Å²) in [5.74, 6) is -1.09. The summed E-state index contributed by atoms with van der Waals surface area (Å²) in [4.78, 5) is 12.1. The monoisotopic (exact) mass is 289 g/mol. The smallest absolute Gasteiger partial charge is 0.324 e. The minimum atomic E-state index is -3.73. The maximum Gasteiger partial charge on any atom is 0.324 e. The zero-order valence-electron chi connectivity index (χ0n) is 9.97. The molecule has 0 amide bonds. The SMILES string of the molecule is CCc1ccc(S(=O)(=O)NC2(C(=O)O)CCC2)s1. The molecule has 0 unspecified atom stereocenters. The topological polar surface area (TPSA) is 83.5 Å². The van der Waals surface area contributed by atoms with Crippen LogP contribution in [0.15, 0.2) is 16.3 Å². The summed E-state index contributed by atoms with van der Waals surface area (Å²) < 4.78 is 26.7. The third kappa shape index (κ3) is 2.30. The quantitative estimate of drug-likeness (QED) is 0.862. The highest BCUT2D eigenvalue weighted by molar-refractivity contribution is 7.91. The van der Waals surface area contributed by atoms with Crippen molar-refractivity contribution in [2.45, 2.75) is 42.4 Å². The molecule has 100 valence electrons. The highest BCUT2D eigenvalue weighted by Crippen LogP contribution is 2.34. The molecule has 0 atom stereocenters. The fraction of sp³-hybridized carbons (Fsp3) is 0.545. The van der Waals surface area contributed by atoms with E-state index >= 15 is 0 Å². The molecular formula is C11H15NO4S2. The maximum absolute atomic E-state index is 12.1. The van der Waals surface area contributed by atoms with Crippen molar-refractivity contribution in [3.63, 3.8) is 0 Å². The Bertz CT molecular complexity index is 557. The van der Waals surface area contributed by atoms with Crippen LogP contribution in [0.1, 0.15) is 31.1 Å². The predicted octanol–water partition coefficient (Wildman–Crippen LogP) is 1.60. The number of hydrogen-bond acceptors (Lipinski definition) is 4. The first-order chi connectivity index (χ1) is 8.39. The van der Waals surface area contributed by atoms with Crippen LogP contribution in [0.2, 0.25) is 0 Å².